The highest BCUT2D eigenvalue weighted by Gasteiger charge is 2.71. The molecule has 0 saturated carbocycles. The van der Waals surface area contributed by atoms with Crippen molar-refractivity contribution < 1.29 is 44.4 Å². The maximum atomic E-state index is 14.0. The Morgan fingerprint density at radius 3 is 2.22 bits per heavy atom. The number of aromatic hydroxyl groups is 1. The largest absolute Gasteiger partial charge is 0.511 e. The molecule has 3 aliphatic carbocycles. The van der Waals surface area contributed by atoms with E-state index in [1.54, 1.807) is 39.8 Å². The lowest BCUT2D eigenvalue weighted by Crippen LogP contribution is -2.67. The number of aliphatic hydroxyl groups is 3. The smallest absolute Gasteiger partial charge is 0.209 e. The number of phenolic OH excluding ortho intramolecular Hbond substituents is 1. The number of carbonyl (C=O) groups is 5. The van der Waals surface area contributed by atoms with Gasteiger partial charge in [0.05, 0.1) is 5.56 Å². The van der Waals surface area contributed by atoms with E-state index in [1.165, 1.54) is 6.92 Å². The third-order valence-electron chi connectivity index (χ3n) is 9.33. The van der Waals surface area contributed by atoms with E-state index in [9.17, 15) is 44.4 Å². The lowest BCUT2D eigenvalue weighted by molar-refractivity contribution is -0.171. The number of hydrogen-bond donors (Lipinski definition) is 4. The topological polar surface area (TPSA) is 166 Å². The van der Waals surface area contributed by atoms with E-state index in [0.717, 1.165) is 6.92 Å². The Morgan fingerprint density at radius 1 is 1.02 bits per heavy atom. The van der Waals surface area contributed by atoms with E-state index >= 15 is 0 Å². The summed E-state index contributed by atoms with van der Waals surface area (Å²) in [5, 5.41) is 46.1. The highest BCUT2D eigenvalue weighted by atomic mass is 16.3. The highest BCUT2D eigenvalue weighted by molar-refractivity contribution is 6.25. The molecule has 220 valence electrons. The van der Waals surface area contributed by atoms with Crippen molar-refractivity contribution in [3.8, 4) is 5.75 Å². The summed E-state index contributed by atoms with van der Waals surface area (Å²) in [4.78, 5) is 63.9. The Morgan fingerprint density at radius 2 is 1.66 bits per heavy atom. The first-order valence-electron chi connectivity index (χ1n) is 14.0. The fraction of sp³-hybridized carbons (Fsp3) is 0.531. The molecule has 0 amide bonds. The molecule has 9 nitrogen and oxygen atoms in total. The van der Waals surface area contributed by atoms with Gasteiger partial charge in [0.25, 0.3) is 0 Å². The first kappa shape index (κ1) is 30.4. The van der Waals surface area contributed by atoms with Gasteiger partial charge in [0.2, 0.25) is 5.78 Å². The number of rotatable bonds is 8. The Balaban J connectivity index is 1.85. The number of Topliss-reactive ketones (excluding diaryl/α,β-unsaturated/α-hetero) is 5. The minimum absolute atomic E-state index is 0.0159. The fourth-order valence-corrected chi connectivity index (χ4v) is 7.74. The highest BCUT2D eigenvalue weighted by Crippen LogP contribution is 2.65. The standard InChI is InChI=1S/C32H38O9/c1-15(2)23-26(37)21(17(4)34)28(39)32(41)29(40)24-27(38)22-19(13-30(24,5)14-31(23,32)6)11-10-18(25(22)36)12-20(35)9-7-8-16(3)33/h10-11,15,23,36-37,40-41H,7-9,12-14H2,1-6H3/t23?,30-,31-,32+/m1/s1. The van der Waals surface area contributed by atoms with Crippen molar-refractivity contribution >= 4 is 28.9 Å². The van der Waals surface area contributed by atoms with Crippen LogP contribution in [-0.4, -0.2) is 54.9 Å². The van der Waals surface area contributed by atoms with Crippen LogP contribution < -0.4 is 0 Å². The Labute approximate surface area is 239 Å². The molecule has 1 unspecified atom stereocenters. The minimum atomic E-state index is -2.67. The lowest BCUT2D eigenvalue weighted by atomic mass is 9.44. The van der Waals surface area contributed by atoms with Gasteiger partial charge in [0, 0.05) is 47.1 Å². The maximum Gasteiger partial charge on any atom is 0.209 e. The zero-order valence-electron chi connectivity index (χ0n) is 24.4. The van der Waals surface area contributed by atoms with Crippen LogP contribution >= 0.6 is 0 Å². The van der Waals surface area contributed by atoms with Crippen molar-refractivity contribution in [2.45, 2.75) is 85.7 Å². The van der Waals surface area contributed by atoms with Crippen molar-refractivity contribution in [1.82, 2.24) is 0 Å². The van der Waals surface area contributed by atoms with Gasteiger partial charge in [-0.15, -0.1) is 0 Å². The molecule has 0 saturated heterocycles. The SMILES string of the molecule is CC(=O)CCCC(=O)Cc1ccc2c(c1O)C(=O)C1=C(O)[C@@]3(O)C(=O)C(C(C)=O)=C(O)C(C(C)C)[C@@]3(C)C[C@@]1(C)C2. The molecule has 0 aromatic heterocycles. The van der Waals surface area contributed by atoms with Gasteiger partial charge in [-0.1, -0.05) is 39.8 Å². The van der Waals surface area contributed by atoms with E-state index in [1.807, 2.05) is 0 Å². The number of phenols is 1. The second-order valence-electron chi connectivity index (χ2n) is 12.8. The van der Waals surface area contributed by atoms with Crippen LogP contribution in [0.3, 0.4) is 0 Å². The summed E-state index contributed by atoms with van der Waals surface area (Å²) < 4.78 is 0. The van der Waals surface area contributed by atoms with Gasteiger partial charge < -0.3 is 25.2 Å². The summed E-state index contributed by atoms with van der Waals surface area (Å²) in [6.07, 6.45) is 0.813. The average Bonchev–Trinajstić information content (AvgIpc) is 2.82. The number of aliphatic hydroxyl groups excluding tert-OH is 2. The molecule has 0 aliphatic heterocycles. The van der Waals surface area contributed by atoms with Crippen molar-refractivity contribution in [3.05, 3.63) is 51.5 Å². The molecule has 9 heteroatoms. The number of ketones is 5. The number of fused-ring (bicyclic) bond motifs is 3. The molecule has 41 heavy (non-hydrogen) atoms. The molecule has 1 aromatic rings. The maximum absolute atomic E-state index is 14.0. The molecule has 0 bridgehead atoms. The zero-order valence-corrected chi connectivity index (χ0v) is 24.4. The van der Waals surface area contributed by atoms with Gasteiger partial charge in [-0.05, 0) is 44.6 Å². The molecule has 0 heterocycles. The van der Waals surface area contributed by atoms with Crippen LogP contribution in [-0.2, 0) is 32.0 Å². The van der Waals surface area contributed by atoms with Gasteiger partial charge in [-0.3, -0.25) is 19.2 Å². The van der Waals surface area contributed by atoms with Crippen LogP contribution in [0.2, 0.25) is 0 Å². The first-order chi connectivity index (χ1) is 18.9. The third kappa shape index (κ3) is 4.36. The van der Waals surface area contributed by atoms with Gasteiger partial charge in [-0.2, -0.15) is 0 Å². The van der Waals surface area contributed by atoms with Crippen molar-refractivity contribution in [2.24, 2.45) is 22.7 Å². The number of allylic oxidation sites excluding steroid dienone is 2. The summed E-state index contributed by atoms with van der Waals surface area (Å²) in [5.41, 5.74) is -5.48. The third-order valence-corrected chi connectivity index (χ3v) is 9.33. The van der Waals surface area contributed by atoms with Crippen molar-refractivity contribution in [3.63, 3.8) is 0 Å². The number of benzene rings is 1. The van der Waals surface area contributed by atoms with E-state index in [0.29, 0.717) is 12.0 Å². The van der Waals surface area contributed by atoms with Crippen LogP contribution in [0.5, 0.6) is 5.75 Å². The minimum Gasteiger partial charge on any atom is -0.511 e. The van der Waals surface area contributed by atoms with Gasteiger partial charge in [-0.25, -0.2) is 0 Å². The second-order valence-corrected chi connectivity index (χ2v) is 12.8. The Bertz CT molecular complexity index is 1460. The normalized spacial score (nSPS) is 29.3. The molecule has 3 aliphatic rings. The Hall–Kier alpha value is -3.59. The summed E-state index contributed by atoms with van der Waals surface area (Å²) in [6, 6.07) is 3.24. The number of carbonyl (C=O) groups excluding carboxylic acids is 5. The first-order valence-corrected chi connectivity index (χ1v) is 14.0. The predicted molar refractivity (Wildman–Crippen MR) is 148 cm³/mol. The summed E-state index contributed by atoms with van der Waals surface area (Å²) >= 11 is 0. The second kappa shape index (κ2) is 10.0. The summed E-state index contributed by atoms with van der Waals surface area (Å²) in [5.74, 6) is -5.90. The van der Waals surface area contributed by atoms with Crippen LogP contribution in [0.25, 0.3) is 0 Å². The van der Waals surface area contributed by atoms with Crippen LogP contribution in [0.15, 0.2) is 34.8 Å². The van der Waals surface area contributed by atoms with Crippen LogP contribution in [0, 0.1) is 22.7 Å². The molecule has 1 aromatic carbocycles. The van der Waals surface area contributed by atoms with E-state index in [2.05, 4.69) is 0 Å². The van der Waals surface area contributed by atoms with Crippen molar-refractivity contribution in [2.75, 3.05) is 0 Å². The van der Waals surface area contributed by atoms with E-state index < -0.39 is 62.5 Å². The molecule has 4 atom stereocenters. The average molecular weight is 567 g/mol. The molecular weight excluding hydrogens is 528 g/mol. The van der Waals surface area contributed by atoms with Crippen molar-refractivity contribution in [1.29, 1.82) is 0 Å². The van der Waals surface area contributed by atoms with Gasteiger partial charge >= 0.3 is 0 Å². The molecule has 0 fully saturated rings. The molecule has 0 radical (unpaired) electrons. The lowest BCUT2D eigenvalue weighted by Gasteiger charge is -2.59. The fourth-order valence-electron chi connectivity index (χ4n) is 7.74. The zero-order chi connectivity index (χ0) is 30.8. The summed E-state index contributed by atoms with van der Waals surface area (Å²) in [6.45, 7) is 9.41. The molecular formula is C32H38O9. The molecule has 4 N–H and O–H groups in total. The van der Waals surface area contributed by atoms with E-state index in [4.69, 9.17) is 0 Å². The van der Waals surface area contributed by atoms with Crippen LogP contribution in [0.1, 0.15) is 88.7 Å². The number of hydrogen-bond acceptors (Lipinski definition) is 9. The molecule has 0 spiro atoms. The summed E-state index contributed by atoms with van der Waals surface area (Å²) in [7, 11) is 0. The van der Waals surface area contributed by atoms with Gasteiger partial charge in [0.1, 0.15) is 34.4 Å². The van der Waals surface area contributed by atoms with Gasteiger partial charge in [0.15, 0.2) is 17.2 Å². The van der Waals surface area contributed by atoms with E-state index in [-0.39, 0.29) is 66.3 Å². The predicted octanol–water partition coefficient (Wildman–Crippen LogP) is 4.22. The Kier molecular flexibility index (Phi) is 7.44. The quantitative estimate of drug-likeness (QED) is 0.337. The van der Waals surface area contributed by atoms with Crippen LogP contribution in [0.4, 0.5) is 0 Å². The molecule has 4 rings (SSSR count). The monoisotopic (exact) mass is 566 g/mol.